The first-order valence-electron chi connectivity index (χ1n) is 7.53. The summed E-state index contributed by atoms with van der Waals surface area (Å²) in [6, 6.07) is 9.46. The monoisotopic (exact) mass is 305 g/mol. The lowest BCUT2D eigenvalue weighted by Crippen LogP contribution is -2.15. The quantitative estimate of drug-likeness (QED) is 0.804. The summed E-state index contributed by atoms with van der Waals surface area (Å²) in [5, 5.41) is 7.15. The van der Waals surface area contributed by atoms with Crippen molar-refractivity contribution in [2.75, 3.05) is 5.32 Å². The molecule has 0 aliphatic heterocycles. The average molecular weight is 305 g/mol. The van der Waals surface area contributed by atoms with Crippen molar-refractivity contribution in [3.05, 3.63) is 55.1 Å². The van der Waals surface area contributed by atoms with Crippen LogP contribution in [0.5, 0.6) is 0 Å². The normalized spacial score (nSPS) is 13.7. The molecule has 1 aliphatic rings. The molecule has 0 radical (unpaired) electrons. The molecule has 1 amide bonds. The lowest BCUT2D eigenvalue weighted by Gasteiger charge is -2.11. The Morgan fingerprint density at radius 3 is 2.65 bits per heavy atom. The van der Waals surface area contributed by atoms with E-state index in [0.29, 0.717) is 11.6 Å². The van der Waals surface area contributed by atoms with Gasteiger partial charge in [-0.2, -0.15) is 5.10 Å². The van der Waals surface area contributed by atoms with Crippen molar-refractivity contribution >= 4 is 11.7 Å². The predicted molar refractivity (Wildman–Crippen MR) is 85.9 cm³/mol. The van der Waals surface area contributed by atoms with Gasteiger partial charge in [-0.3, -0.25) is 9.78 Å². The lowest BCUT2D eigenvalue weighted by atomic mass is 10.1. The smallest absolute Gasteiger partial charge is 0.228 e. The molecule has 1 fully saturated rings. The summed E-state index contributed by atoms with van der Waals surface area (Å²) in [6.45, 7) is 0. The van der Waals surface area contributed by atoms with Crippen LogP contribution in [0, 0.1) is 5.92 Å². The highest BCUT2D eigenvalue weighted by Gasteiger charge is 2.29. The molecule has 0 saturated heterocycles. The van der Waals surface area contributed by atoms with Crippen LogP contribution in [0.4, 0.5) is 5.82 Å². The minimum Gasteiger partial charge on any atom is -0.310 e. The molecule has 23 heavy (non-hydrogen) atoms. The third-order valence-electron chi connectivity index (χ3n) is 3.79. The summed E-state index contributed by atoms with van der Waals surface area (Å²) in [6.07, 6.45) is 8.95. The summed E-state index contributed by atoms with van der Waals surface area (Å²) in [7, 11) is 0. The van der Waals surface area contributed by atoms with Crippen LogP contribution in [0.25, 0.3) is 16.9 Å². The van der Waals surface area contributed by atoms with Gasteiger partial charge in [0.1, 0.15) is 5.82 Å². The van der Waals surface area contributed by atoms with Gasteiger partial charge in [0.2, 0.25) is 5.91 Å². The lowest BCUT2D eigenvalue weighted by molar-refractivity contribution is -0.117. The van der Waals surface area contributed by atoms with Gasteiger partial charge in [0.25, 0.3) is 0 Å². The number of amides is 1. The predicted octanol–water partition coefficient (Wildman–Crippen LogP) is 2.68. The third-order valence-corrected chi connectivity index (χ3v) is 3.79. The Labute approximate surface area is 133 Å². The maximum atomic E-state index is 11.9. The standard InChI is InChI=1S/C17H15N5O/c23-17(13-2-3-13)21-15-5-4-14(12-6-9-18-10-7-12)16(20-15)22-11-1-8-19-22/h1,4-11,13H,2-3H2,(H,20,21,23). The molecule has 1 saturated carbocycles. The number of carbonyl (C=O) groups is 1. The molecule has 0 spiro atoms. The molecule has 114 valence electrons. The van der Waals surface area contributed by atoms with Gasteiger partial charge in [-0.25, -0.2) is 9.67 Å². The molecule has 3 aromatic heterocycles. The topological polar surface area (TPSA) is 72.7 Å². The summed E-state index contributed by atoms with van der Waals surface area (Å²) in [4.78, 5) is 20.6. The van der Waals surface area contributed by atoms with Crippen LogP contribution < -0.4 is 5.32 Å². The molecule has 3 aromatic rings. The zero-order valence-electron chi connectivity index (χ0n) is 12.4. The van der Waals surface area contributed by atoms with Gasteiger partial charge in [-0.1, -0.05) is 0 Å². The summed E-state index contributed by atoms with van der Waals surface area (Å²) in [5.74, 6) is 1.41. The minimum atomic E-state index is 0.0422. The molecule has 0 atom stereocenters. The van der Waals surface area contributed by atoms with Crippen molar-refractivity contribution in [1.29, 1.82) is 0 Å². The van der Waals surface area contributed by atoms with Crippen LogP contribution in [0.2, 0.25) is 0 Å². The Morgan fingerprint density at radius 2 is 1.96 bits per heavy atom. The fourth-order valence-corrected chi connectivity index (χ4v) is 2.42. The molecular formula is C17H15N5O. The van der Waals surface area contributed by atoms with Crippen LogP contribution in [-0.2, 0) is 4.79 Å². The first-order chi connectivity index (χ1) is 11.3. The van der Waals surface area contributed by atoms with Gasteiger partial charge in [-0.05, 0) is 48.7 Å². The van der Waals surface area contributed by atoms with Gasteiger partial charge in [0, 0.05) is 36.3 Å². The third kappa shape index (κ3) is 2.83. The maximum absolute atomic E-state index is 11.9. The van der Waals surface area contributed by atoms with E-state index < -0.39 is 0 Å². The zero-order chi connectivity index (χ0) is 15.6. The van der Waals surface area contributed by atoms with Crippen molar-refractivity contribution in [2.45, 2.75) is 12.8 Å². The number of nitrogens with zero attached hydrogens (tertiary/aromatic N) is 4. The summed E-state index contributed by atoms with van der Waals surface area (Å²) >= 11 is 0. The van der Waals surface area contributed by atoms with Crippen molar-refractivity contribution in [2.24, 2.45) is 5.92 Å². The number of carbonyl (C=O) groups excluding carboxylic acids is 1. The highest BCUT2D eigenvalue weighted by atomic mass is 16.2. The number of hydrogen-bond acceptors (Lipinski definition) is 4. The van der Waals surface area contributed by atoms with Gasteiger partial charge < -0.3 is 5.32 Å². The number of anilines is 1. The first kappa shape index (κ1) is 13.6. The van der Waals surface area contributed by atoms with E-state index in [-0.39, 0.29) is 11.8 Å². The van der Waals surface area contributed by atoms with Gasteiger partial charge in [0.15, 0.2) is 5.82 Å². The van der Waals surface area contributed by atoms with Crippen molar-refractivity contribution in [3.8, 4) is 16.9 Å². The summed E-state index contributed by atoms with van der Waals surface area (Å²) in [5.41, 5.74) is 1.93. The van der Waals surface area contributed by atoms with Crippen molar-refractivity contribution in [1.82, 2.24) is 19.7 Å². The molecule has 6 heteroatoms. The Hall–Kier alpha value is -3.02. The molecule has 6 nitrogen and oxygen atoms in total. The number of aromatic nitrogens is 4. The van der Waals surface area contributed by atoms with E-state index in [2.05, 4.69) is 20.4 Å². The van der Waals surface area contributed by atoms with E-state index in [0.717, 1.165) is 24.0 Å². The van der Waals surface area contributed by atoms with Crippen molar-refractivity contribution < 1.29 is 4.79 Å². The van der Waals surface area contributed by atoms with E-state index in [9.17, 15) is 4.79 Å². The number of hydrogen-bond donors (Lipinski definition) is 1. The second kappa shape index (κ2) is 5.64. The van der Waals surface area contributed by atoms with E-state index in [1.54, 1.807) is 23.3 Å². The van der Waals surface area contributed by atoms with Gasteiger partial charge in [0.05, 0.1) is 0 Å². The van der Waals surface area contributed by atoms with Crippen LogP contribution in [0.3, 0.4) is 0 Å². The number of rotatable bonds is 4. The van der Waals surface area contributed by atoms with Crippen LogP contribution in [-0.4, -0.2) is 25.7 Å². The van der Waals surface area contributed by atoms with Crippen LogP contribution in [0.15, 0.2) is 55.1 Å². The minimum absolute atomic E-state index is 0.0422. The number of pyridine rings is 2. The highest BCUT2D eigenvalue weighted by molar-refractivity contribution is 5.93. The molecular weight excluding hydrogens is 290 g/mol. The Kier molecular flexibility index (Phi) is 3.34. The van der Waals surface area contributed by atoms with E-state index in [4.69, 9.17) is 0 Å². The fraction of sp³-hybridized carbons (Fsp3) is 0.176. The Morgan fingerprint density at radius 1 is 1.13 bits per heavy atom. The highest BCUT2D eigenvalue weighted by Crippen LogP contribution is 2.31. The second-order valence-corrected chi connectivity index (χ2v) is 5.52. The molecule has 4 rings (SSSR count). The summed E-state index contributed by atoms with van der Waals surface area (Å²) < 4.78 is 1.70. The van der Waals surface area contributed by atoms with Gasteiger partial charge in [-0.15, -0.1) is 0 Å². The van der Waals surface area contributed by atoms with E-state index in [1.807, 2.05) is 36.5 Å². The van der Waals surface area contributed by atoms with E-state index in [1.165, 1.54) is 0 Å². The molecule has 0 aromatic carbocycles. The van der Waals surface area contributed by atoms with E-state index >= 15 is 0 Å². The molecule has 3 heterocycles. The van der Waals surface area contributed by atoms with Crippen LogP contribution in [0.1, 0.15) is 12.8 Å². The van der Waals surface area contributed by atoms with Crippen molar-refractivity contribution in [3.63, 3.8) is 0 Å². The average Bonchev–Trinajstić information content (AvgIpc) is 3.31. The Balaban J connectivity index is 1.75. The van der Waals surface area contributed by atoms with Crippen LogP contribution >= 0.6 is 0 Å². The molecule has 1 N–H and O–H groups in total. The van der Waals surface area contributed by atoms with Gasteiger partial charge >= 0.3 is 0 Å². The fourth-order valence-electron chi connectivity index (χ4n) is 2.42. The molecule has 1 aliphatic carbocycles. The zero-order valence-corrected chi connectivity index (χ0v) is 12.4. The molecule has 0 bridgehead atoms. The molecule has 0 unspecified atom stereocenters. The second-order valence-electron chi connectivity index (χ2n) is 5.52. The number of nitrogens with one attached hydrogen (secondary N) is 1. The SMILES string of the molecule is O=C(Nc1ccc(-c2ccncc2)c(-n2cccn2)n1)C1CC1. The largest absolute Gasteiger partial charge is 0.310 e. The maximum Gasteiger partial charge on any atom is 0.228 e. The Bertz CT molecular complexity index is 825. The first-order valence-corrected chi connectivity index (χ1v) is 7.53.